The third kappa shape index (κ3) is 3.81. The molecule has 0 fully saturated rings. The van der Waals surface area contributed by atoms with Crippen LogP contribution in [-0.2, 0) is 0 Å². The molecule has 2 unspecified atom stereocenters. The van der Waals surface area contributed by atoms with Gasteiger partial charge in [-0.2, -0.15) is 0 Å². The van der Waals surface area contributed by atoms with Crippen LogP contribution in [0.4, 0.5) is 0 Å². The summed E-state index contributed by atoms with van der Waals surface area (Å²) in [5.74, 6) is 0.694. The molecule has 0 saturated heterocycles. The van der Waals surface area contributed by atoms with Crippen LogP contribution in [0.15, 0.2) is 24.3 Å². The molecule has 0 amide bonds. The Morgan fingerprint density at radius 1 is 1.31 bits per heavy atom. The van der Waals surface area contributed by atoms with Crippen LogP contribution in [0.3, 0.4) is 0 Å². The molecule has 16 heavy (non-hydrogen) atoms. The summed E-state index contributed by atoms with van der Waals surface area (Å²) in [7, 11) is 1.91. The van der Waals surface area contributed by atoms with Crippen molar-refractivity contribution >= 4 is 0 Å². The largest absolute Gasteiger partial charge is 0.491 e. The fourth-order valence-corrected chi connectivity index (χ4v) is 1.26. The number of hydrogen-bond donors (Lipinski definition) is 3. The highest BCUT2D eigenvalue weighted by Gasteiger charge is 2.04. The molecular formula is C12H19NO3. The molecule has 0 aliphatic carbocycles. The van der Waals surface area contributed by atoms with Gasteiger partial charge in [0, 0.05) is 6.04 Å². The van der Waals surface area contributed by atoms with E-state index in [1.165, 1.54) is 5.56 Å². The maximum Gasteiger partial charge on any atom is 0.119 e. The summed E-state index contributed by atoms with van der Waals surface area (Å²) in [6, 6.07) is 7.96. The van der Waals surface area contributed by atoms with E-state index in [0.717, 1.165) is 0 Å². The van der Waals surface area contributed by atoms with Crippen molar-refractivity contribution < 1.29 is 14.9 Å². The summed E-state index contributed by atoms with van der Waals surface area (Å²) < 4.78 is 5.30. The fraction of sp³-hybridized carbons (Fsp3) is 0.500. The van der Waals surface area contributed by atoms with Crippen LogP contribution >= 0.6 is 0 Å². The minimum absolute atomic E-state index is 0.109. The number of benzene rings is 1. The smallest absolute Gasteiger partial charge is 0.119 e. The summed E-state index contributed by atoms with van der Waals surface area (Å²) in [4.78, 5) is 0. The van der Waals surface area contributed by atoms with Crippen molar-refractivity contribution in [2.75, 3.05) is 20.3 Å². The molecular weight excluding hydrogens is 206 g/mol. The lowest BCUT2D eigenvalue weighted by molar-refractivity contribution is 0.0536. The first-order chi connectivity index (χ1) is 7.67. The number of aliphatic hydroxyl groups excluding tert-OH is 2. The van der Waals surface area contributed by atoms with E-state index >= 15 is 0 Å². The molecule has 0 aliphatic rings. The standard InChI is InChI=1S/C12H19NO3/c1-9(13-2)10-3-5-12(6-4-10)16-8-11(15)7-14/h3-6,9,11,13-15H,7-8H2,1-2H3. The van der Waals surface area contributed by atoms with Gasteiger partial charge in [0.25, 0.3) is 0 Å². The average molecular weight is 225 g/mol. The Balaban J connectivity index is 2.51. The van der Waals surface area contributed by atoms with Crippen LogP contribution in [0, 0.1) is 0 Å². The van der Waals surface area contributed by atoms with Gasteiger partial charge in [-0.1, -0.05) is 12.1 Å². The van der Waals surface area contributed by atoms with E-state index in [-0.39, 0.29) is 13.2 Å². The van der Waals surface area contributed by atoms with Crippen LogP contribution in [0.1, 0.15) is 18.5 Å². The van der Waals surface area contributed by atoms with Gasteiger partial charge in [0.2, 0.25) is 0 Å². The Labute approximate surface area is 95.9 Å². The lowest BCUT2D eigenvalue weighted by Gasteiger charge is -2.13. The Morgan fingerprint density at radius 2 is 1.94 bits per heavy atom. The molecule has 0 heterocycles. The van der Waals surface area contributed by atoms with E-state index in [1.807, 2.05) is 31.3 Å². The number of nitrogens with one attached hydrogen (secondary N) is 1. The SMILES string of the molecule is CNC(C)c1ccc(OCC(O)CO)cc1. The molecule has 0 aliphatic heterocycles. The molecule has 4 heteroatoms. The van der Waals surface area contributed by atoms with Crippen molar-refractivity contribution in [1.29, 1.82) is 0 Å². The van der Waals surface area contributed by atoms with Gasteiger partial charge in [-0.05, 0) is 31.7 Å². The predicted octanol–water partition coefficient (Wildman–Crippen LogP) is 0.699. The van der Waals surface area contributed by atoms with E-state index in [0.29, 0.717) is 11.8 Å². The van der Waals surface area contributed by atoms with E-state index in [2.05, 4.69) is 12.2 Å². The van der Waals surface area contributed by atoms with Crippen molar-refractivity contribution in [3.05, 3.63) is 29.8 Å². The molecule has 1 rings (SSSR count). The van der Waals surface area contributed by atoms with Gasteiger partial charge in [-0.15, -0.1) is 0 Å². The van der Waals surface area contributed by atoms with Gasteiger partial charge in [0.15, 0.2) is 0 Å². The second-order valence-corrected chi connectivity index (χ2v) is 3.73. The molecule has 0 bridgehead atoms. The first kappa shape index (κ1) is 13.0. The molecule has 1 aromatic rings. The number of hydrogen-bond acceptors (Lipinski definition) is 4. The lowest BCUT2D eigenvalue weighted by atomic mass is 10.1. The molecule has 90 valence electrons. The second kappa shape index (κ2) is 6.48. The maximum atomic E-state index is 9.12. The summed E-state index contributed by atoms with van der Waals surface area (Å²) in [6.07, 6.45) is -0.823. The molecule has 4 nitrogen and oxygen atoms in total. The number of ether oxygens (including phenoxy) is 1. The van der Waals surface area contributed by atoms with Crippen LogP contribution in [0.5, 0.6) is 5.75 Å². The lowest BCUT2D eigenvalue weighted by Crippen LogP contribution is -2.21. The van der Waals surface area contributed by atoms with Crippen molar-refractivity contribution in [2.45, 2.75) is 19.1 Å². The second-order valence-electron chi connectivity index (χ2n) is 3.73. The minimum atomic E-state index is -0.823. The normalized spacial score (nSPS) is 14.5. The van der Waals surface area contributed by atoms with Crippen LogP contribution in [0.2, 0.25) is 0 Å². The highest BCUT2D eigenvalue weighted by Crippen LogP contribution is 2.17. The molecule has 2 atom stereocenters. The van der Waals surface area contributed by atoms with Crippen molar-refractivity contribution in [1.82, 2.24) is 5.32 Å². The Kier molecular flexibility index (Phi) is 5.25. The summed E-state index contributed by atoms with van der Waals surface area (Å²) in [6.45, 7) is 1.90. The molecule has 1 aromatic carbocycles. The summed E-state index contributed by atoms with van der Waals surface area (Å²) in [5.41, 5.74) is 1.18. The number of aliphatic hydroxyl groups is 2. The zero-order valence-corrected chi connectivity index (χ0v) is 9.68. The van der Waals surface area contributed by atoms with Gasteiger partial charge in [-0.3, -0.25) is 0 Å². The Bertz CT molecular complexity index is 300. The molecule has 0 saturated carbocycles. The predicted molar refractivity (Wildman–Crippen MR) is 62.5 cm³/mol. The topological polar surface area (TPSA) is 61.7 Å². The minimum Gasteiger partial charge on any atom is -0.491 e. The third-order valence-electron chi connectivity index (χ3n) is 2.47. The van der Waals surface area contributed by atoms with E-state index in [1.54, 1.807) is 0 Å². The van der Waals surface area contributed by atoms with Crippen molar-refractivity contribution in [3.8, 4) is 5.75 Å². The average Bonchev–Trinajstić information content (AvgIpc) is 2.35. The molecule has 0 spiro atoms. The highest BCUT2D eigenvalue weighted by atomic mass is 16.5. The van der Waals surface area contributed by atoms with Gasteiger partial charge in [0.1, 0.15) is 18.5 Å². The first-order valence-corrected chi connectivity index (χ1v) is 5.36. The first-order valence-electron chi connectivity index (χ1n) is 5.36. The van der Waals surface area contributed by atoms with Crippen LogP contribution in [0.25, 0.3) is 0 Å². The summed E-state index contributed by atoms with van der Waals surface area (Å²) in [5, 5.41) is 20.9. The van der Waals surface area contributed by atoms with Gasteiger partial charge in [0.05, 0.1) is 6.61 Å². The Morgan fingerprint density at radius 3 is 2.44 bits per heavy atom. The Hall–Kier alpha value is -1.10. The molecule has 0 aromatic heterocycles. The fourth-order valence-electron chi connectivity index (χ4n) is 1.26. The van der Waals surface area contributed by atoms with Crippen molar-refractivity contribution in [2.24, 2.45) is 0 Å². The number of rotatable bonds is 6. The van der Waals surface area contributed by atoms with Crippen molar-refractivity contribution in [3.63, 3.8) is 0 Å². The van der Waals surface area contributed by atoms with E-state index < -0.39 is 6.10 Å². The van der Waals surface area contributed by atoms with Gasteiger partial charge in [-0.25, -0.2) is 0 Å². The zero-order valence-electron chi connectivity index (χ0n) is 9.68. The van der Waals surface area contributed by atoms with Gasteiger partial charge < -0.3 is 20.3 Å². The van der Waals surface area contributed by atoms with Crippen LogP contribution < -0.4 is 10.1 Å². The highest BCUT2D eigenvalue weighted by molar-refractivity contribution is 5.28. The van der Waals surface area contributed by atoms with E-state index in [9.17, 15) is 0 Å². The molecule has 3 N–H and O–H groups in total. The zero-order chi connectivity index (χ0) is 12.0. The molecule has 0 radical (unpaired) electrons. The maximum absolute atomic E-state index is 9.12. The van der Waals surface area contributed by atoms with Crippen LogP contribution in [-0.4, -0.2) is 36.6 Å². The quantitative estimate of drug-likeness (QED) is 0.667. The van der Waals surface area contributed by atoms with E-state index in [4.69, 9.17) is 14.9 Å². The summed E-state index contributed by atoms with van der Waals surface area (Å²) >= 11 is 0. The van der Waals surface area contributed by atoms with Gasteiger partial charge >= 0.3 is 0 Å². The third-order valence-corrected chi connectivity index (χ3v) is 2.47. The monoisotopic (exact) mass is 225 g/mol.